The molecular formula is C21H35F3O3Si. The van der Waals surface area contributed by atoms with E-state index in [9.17, 15) is 13.2 Å². The molecule has 0 heterocycles. The Morgan fingerprint density at radius 1 is 0.714 bits per heavy atom. The Bertz CT molecular complexity index is 545. The van der Waals surface area contributed by atoms with Gasteiger partial charge in [0.15, 0.2) is 17.5 Å². The van der Waals surface area contributed by atoms with Crippen LogP contribution in [-0.4, -0.2) is 27.1 Å². The summed E-state index contributed by atoms with van der Waals surface area (Å²) in [5.41, 5.74) is 0.481. The highest BCUT2D eigenvalue weighted by molar-refractivity contribution is 6.60. The minimum atomic E-state index is -2.77. The summed E-state index contributed by atoms with van der Waals surface area (Å²) in [7, 11) is -2.77. The van der Waals surface area contributed by atoms with E-state index in [-0.39, 0.29) is 18.3 Å². The Kier molecular flexibility index (Phi) is 10.7. The van der Waals surface area contributed by atoms with Gasteiger partial charge in [-0.05, 0) is 78.5 Å². The molecule has 0 bridgehead atoms. The number of hydrogen-bond donors (Lipinski definition) is 0. The van der Waals surface area contributed by atoms with Crippen LogP contribution in [0.1, 0.15) is 72.8 Å². The third-order valence-corrected chi connectivity index (χ3v) is 7.45. The summed E-state index contributed by atoms with van der Waals surface area (Å²) in [6.45, 7) is 11.9. The van der Waals surface area contributed by atoms with Gasteiger partial charge in [0.05, 0.1) is 0 Å². The fourth-order valence-corrected chi connectivity index (χ4v) is 6.47. The van der Waals surface area contributed by atoms with E-state index in [0.717, 1.165) is 43.9 Å². The number of rotatable bonds is 13. The monoisotopic (exact) mass is 420 g/mol. The van der Waals surface area contributed by atoms with Crippen LogP contribution in [-0.2, 0) is 19.7 Å². The van der Waals surface area contributed by atoms with Gasteiger partial charge in [-0.1, -0.05) is 12.8 Å². The van der Waals surface area contributed by atoms with Crippen molar-refractivity contribution >= 4 is 8.80 Å². The lowest BCUT2D eigenvalue weighted by atomic mass is 10.1. The fraction of sp³-hybridized carbons (Fsp3) is 0.714. The minimum Gasteiger partial charge on any atom is -0.371 e. The molecule has 1 aromatic rings. The molecule has 0 N–H and O–H groups in total. The highest BCUT2D eigenvalue weighted by atomic mass is 28.4. The molecule has 0 aromatic heterocycles. The van der Waals surface area contributed by atoms with E-state index < -0.39 is 26.3 Å². The second-order valence-electron chi connectivity index (χ2n) is 7.97. The largest absolute Gasteiger partial charge is 0.501 e. The second kappa shape index (κ2) is 12.0. The fourth-order valence-electron chi connectivity index (χ4n) is 3.11. The zero-order valence-electron chi connectivity index (χ0n) is 18.0. The lowest BCUT2D eigenvalue weighted by Gasteiger charge is -2.34. The van der Waals surface area contributed by atoms with E-state index in [1.807, 2.05) is 41.5 Å². The van der Waals surface area contributed by atoms with Gasteiger partial charge in [-0.15, -0.1) is 0 Å². The van der Waals surface area contributed by atoms with Crippen LogP contribution in [0.2, 0.25) is 6.04 Å². The molecule has 0 saturated heterocycles. The smallest absolute Gasteiger partial charge is 0.371 e. The molecule has 0 spiro atoms. The van der Waals surface area contributed by atoms with E-state index in [4.69, 9.17) is 13.3 Å². The van der Waals surface area contributed by atoms with Crippen molar-refractivity contribution in [3.63, 3.8) is 0 Å². The van der Waals surface area contributed by atoms with Crippen LogP contribution in [0.15, 0.2) is 12.1 Å². The van der Waals surface area contributed by atoms with Gasteiger partial charge in [-0.3, -0.25) is 0 Å². The molecule has 162 valence electrons. The Hall–Kier alpha value is -0.893. The van der Waals surface area contributed by atoms with Crippen LogP contribution in [0.5, 0.6) is 0 Å². The van der Waals surface area contributed by atoms with Crippen molar-refractivity contribution in [2.45, 2.75) is 98.0 Å². The van der Waals surface area contributed by atoms with Crippen molar-refractivity contribution in [3.8, 4) is 0 Å². The van der Waals surface area contributed by atoms with Gasteiger partial charge < -0.3 is 13.3 Å². The van der Waals surface area contributed by atoms with Gasteiger partial charge in [0.2, 0.25) is 0 Å². The quantitative estimate of drug-likeness (QED) is 0.209. The third-order valence-electron chi connectivity index (χ3n) is 3.99. The van der Waals surface area contributed by atoms with E-state index in [2.05, 4.69) is 0 Å². The maximum Gasteiger partial charge on any atom is 0.501 e. The molecule has 7 heteroatoms. The van der Waals surface area contributed by atoms with Crippen molar-refractivity contribution in [3.05, 3.63) is 35.1 Å². The van der Waals surface area contributed by atoms with Crippen molar-refractivity contribution in [1.82, 2.24) is 0 Å². The number of halogens is 3. The summed E-state index contributed by atoms with van der Waals surface area (Å²) >= 11 is 0. The van der Waals surface area contributed by atoms with Crippen LogP contribution in [0.25, 0.3) is 0 Å². The van der Waals surface area contributed by atoms with E-state index in [1.54, 1.807) is 0 Å². The summed E-state index contributed by atoms with van der Waals surface area (Å²) in [5, 5.41) is 0. The molecule has 0 aliphatic carbocycles. The molecule has 0 radical (unpaired) electrons. The average molecular weight is 421 g/mol. The summed E-state index contributed by atoms with van der Waals surface area (Å²) in [5.74, 6) is -3.67. The van der Waals surface area contributed by atoms with Crippen LogP contribution >= 0.6 is 0 Å². The first-order chi connectivity index (χ1) is 13.0. The Morgan fingerprint density at radius 3 is 1.57 bits per heavy atom. The normalized spacial score (nSPS) is 12.6. The molecular weight excluding hydrogens is 385 g/mol. The van der Waals surface area contributed by atoms with Crippen molar-refractivity contribution in [1.29, 1.82) is 0 Å². The lowest BCUT2D eigenvalue weighted by Crippen LogP contribution is -2.50. The first-order valence-corrected chi connectivity index (χ1v) is 12.1. The number of unbranched alkanes of at least 4 members (excludes halogenated alkanes) is 3. The molecule has 0 atom stereocenters. The first-order valence-electron chi connectivity index (χ1n) is 10.2. The van der Waals surface area contributed by atoms with Crippen LogP contribution in [0.4, 0.5) is 13.2 Å². The zero-order valence-corrected chi connectivity index (χ0v) is 19.0. The third kappa shape index (κ3) is 9.07. The molecule has 0 aliphatic rings. The molecule has 0 aliphatic heterocycles. The molecule has 0 fully saturated rings. The maximum atomic E-state index is 13.3. The van der Waals surface area contributed by atoms with Crippen molar-refractivity contribution in [2.75, 3.05) is 0 Å². The molecule has 28 heavy (non-hydrogen) atoms. The standard InChI is InChI=1S/C21H35F3O3Si/c1-15(2)25-28(26-16(3)4,27-17(5)6)12-10-8-7-9-11-18-13-19(22)21(24)20(23)14-18/h13-17H,7-12H2,1-6H3. The SMILES string of the molecule is CC(C)O[Si](CCCCCCc1cc(F)c(F)c(F)c1)(OC(C)C)OC(C)C. The predicted octanol–water partition coefficient (Wildman–Crippen LogP) is 6.42. The van der Waals surface area contributed by atoms with Crippen LogP contribution in [0, 0.1) is 17.5 Å². The Labute approximate surface area is 168 Å². The number of benzene rings is 1. The molecule has 3 nitrogen and oxygen atoms in total. The Balaban J connectivity index is 2.52. The van der Waals surface area contributed by atoms with Gasteiger partial charge in [0, 0.05) is 24.4 Å². The maximum absolute atomic E-state index is 13.3. The number of aryl methyl sites for hydroxylation is 1. The van der Waals surface area contributed by atoms with Gasteiger partial charge in [-0.25, -0.2) is 13.2 Å². The van der Waals surface area contributed by atoms with Crippen LogP contribution < -0.4 is 0 Å². The second-order valence-corrected chi connectivity index (χ2v) is 10.5. The zero-order chi connectivity index (χ0) is 21.3. The van der Waals surface area contributed by atoms with Gasteiger partial charge in [0.25, 0.3) is 0 Å². The topological polar surface area (TPSA) is 27.7 Å². The molecule has 0 saturated carbocycles. The summed E-state index contributed by atoms with van der Waals surface area (Å²) in [4.78, 5) is 0. The van der Waals surface area contributed by atoms with E-state index in [1.165, 1.54) is 0 Å². The summed E-state index contributed by atoms with van der Waals surface area (Å²) in [6.07, 6.45) is 4.09. The van der Waals surface area contributed by atoms with E-state index in [0.29, 0.717) is 12.0 Å². The van der Waals surface area contributed by atoms with Crippen LogP contribution in [0.3, 0.4) is 0 Å². The van der Waals surface area contributed by atoms with Crippen molar-refractivity contribution in [2.24, 2.45) is 0 Å². The molecule has 1 rings (SSSR count). The average Bonchev–Trinajstić information content (AvgIpc) is 2.53. The minimum absolute atomic E-state index is 0.0208. The summed E-state index contributed by atoms with van der Waals surface area (Å²) < 4.78 is 58.0. The van der Waals surface area contributed by atoms with E-state index >= 15 is 0 Å². The molecule has 0 amide bonds. The van der Waals surface area contributed by atoms with Crippen molar-refractivity contribution < 1.29 is 26.4 Å². The molecule has 0 unspecified atom stereocenters. The number of hydrogen-bond acceptors (Lipinski definition) is 3. The highest BCUT2D eigenvalue weighted by Crippen LogP contribution is 2.25. The van der Waals surface area contributed by atoms with Gasteiger partial charge >= 0.3 is 8.80 Å². The summed E-state index contributed by atoms with van der Waals surface area (Å²) in [6, 6.07) is 2.88. The lowest BCUT2D eigenvalue weighted by molar-refractivity contribution is 0.00278. The Morgan fingerprint density at radius 2 is 1.14 bits per heavy atom. The van der Waals surface area contributed by atoms with Gasteiger partial charge in [0.1, 0.15) is 0 Å². The molecule has 1 aromatic carbocycles. The highest BCUT2D eigenvalue weighted by Gasteiger charge is 2.43. The first kappa shape index (κ1) is 25.1. The predicted molar refractivity (Wildman–Crippen MR) is 108 cm³/mol. The van der Waals surface area contributed by atoms with Gasteiger partial charge in [-0.2, -0.15) is 0 Å².